The molecule has 0 spiro atoms. The molecule has 0 aliphatic carbocycles. The maximum Gasteiger partial charge on any atom is 0.248 e. The fraction of sp³-hybridized carbons (Fsp3) is 0.474. The lowest BCUT2D eigenvalue weighted by Gasteiger charge is -2.15. The topological polar surface area (TPSA) is 130 Å². The Bertz CT molecular complexity index is 833. The van der Waals surface area contributed by atoms with Gasteiger partial charge in [0.2, 0.25) is 23.8 Å². The standard InChI is InChI=1S/C19H28N8O/c1-11(2)9-22-17-25-18(23-14-6-7-21-10-14)27-19(26-17)24-15-8-13(16(20)28)5-4-12(15)3/h4-5,8,11,14,21H,6-7,9-10H2,1-3H3,(H2,20,28)(H3,22,23,24,25,26,27)/t14-/m1/s1. The van der Waals surface area contributed by atoms with Gasteiger partial charge >= 0.3 is 0 Å². The van der Waals surface area contributed by atoms with Gasteiger partial charge in [0.1, 0.15) is 0 Å². The number of carbonyl (C=O) groups is 1. The minimum atomic E-state index is -0.478. The summed E-state index contributed by atoms with van der Waals surface area (Å²) in [6.45, 7) is 8.79. The highest BCUT2D eigenvalue weighted by Crippen LogP contribution is 2.22. The van der Waals surface area contributed by atoms with E-state index in [-0.39, 0.29) is 6.04 Å². The van der Waals surface area contributed by atoms with Gasteiger partial charge in [0.05, 0.1) is 0 Å². The largest absolute Gasteiger partial charge is 0.366 e. The van der Waals surface area contributed by atoms with Crippen LogP contribution in [-0.2, 0) is 0 Å². The molecule has 2 aromatic rings. The number of aromatic nitrogens is 3. The van der Waals surface area contributed by atoms with Crippen LogP contribution < -0.4 is 27.0 Å². The molecule has 1 aromatic carbocycles. The molecular weight excluding hydrogens is 356 g/mol. The molecule has 0 saturated carbocycles. The molecule has 6 N–H and O–H groups in total. The van der Waals surface area contributed by atoms with Crippen LogP contribution in [0.4, 0.5) is 23.5 Å². The van der Waals surface area contributed by atoms with E-state index in [1.54, 1.807) is 12.1 Å². The average molecular weight is 384 g/mol. The summed E-state index contributed by atoms with van der Waals surface area (Å²) >= 11 is 0. The normalized spacial score (nSPS) is 16.2. The number of primary amides is 1. The number of nitrogens with one attached hydrogen (secondary N) is 4. The first-order valence-corrected chi connectivity index (χ1v) is 9.55. The molecule has 1 fully saturated rings. The van der Waals surface area contributed by atoms with Crippen LogP contribution in [0.3, 0.4) is 0 Å². The van der Waals surface area contributed by atoms with Crippen LogP contribution in [0.15, 0.2) is 18.2 Å². The number of rotatable bonds is 8. The Morgan fingerprint density at radius 1 is 1.25 bits per heavy atom. The van der Waals surface area contributed by atoms with Crippen LogP contribution in [0.25, 0.3) is 0 Å². The smallest absolute Gasteiger partial charge is 0.248 e. The lowest BCUT2D eigenvalue weighted by atomic mass is 10.1. The Morgan fingerprint density at radius 3 is 2.68 bits per heavy atom. The van der Waals surface area contributed by atoms with Crippen LogP contribution in [-0.4, -0.2) is 46.5 Å². The number of hydrogen-bond donors (Lipinski definition) is 5. The number of anilines is 4. The van der Waals surface area contributed by atoms with Crippen molar-refractivity contribution in [1.29, 1.82) is 0 Å². The van der Waals surface area contributed by atoms with Crippen molar-refractivity contribution in [3.63, 3.8) is 0 Å². The first-order valence-electron chi connectivity index (χ1n) is 9.55. The minimum Gasteiger partial charge on any atom is -0.366 e. The van der Waals surface area contributed by atoms with Crippen LogP contribution in [0.1, 0.15) is 36.2 Å². The number of amides is 1. The van der Waals surface area contributed by atoms with Crippen LogP contribution in [0, 0.1) is 12.8 Å². The average Bonchev–Trinajstić information content (AvgIpc) is 3.14. The molecule has 3 rings (SSSR count). The third-order valence-corrected chi connectivity index (χ3v) is 4.47. The van der Waals surface area contributed by atoms with Gasteiger partial charge in [0.25, 0.3) is 0 Å². The molecule has 2 heterocycles. The molecule has 0 radical (unpaired) electrons. The van der Waals surface area contributed by atoms with Crippen molar-refractivity contribution in [3.8, 4) is 0 Å². The van der Waals surface area contributed by atoms with Crippen molar-refractivity contribution in [2.45, 2.75) is 33.2 Å². The van der Waals surface area contributed by atoms with Gasteiger partial charge in [-0.3, -0.25) is 4.79 Å². The second kappa shape index (κ2) is 8.83. The van der Waals surface area contributed by atoms with E-state index < -0.39 is 5.91 Å². The number of aryl methyl sites for hydroxylation is 1. The van der Waals surface area contributed by atoms with E-state index in [0.717, 1.165) is 37.3 Å². The van der Waals surface area contributed by atoms with Crippen LogP contribution in [0.5, 0.6) is 0 Å². The van der Waals surface area contributed by atoms with E-state index in [9.17, 15) is 4.79 Å². The second-order valence-corrected chi connectivity index (χ2v) is 7.43. The highest BCUT2D eigenvalue weighted by atomic mass is 16.1. The molecule has 1 aliphatic rings. The van der Waals surface area contributed by atoms with Gasteiger partial charge in [-0.1, -0.05) is 19.9 Å². The van der Waals surface area contributed by atoms with Gasteiger partial charge in [-0.25, -0.2) is 0 Å². The SMILES string of the molecule is Cc1ccc(C(N)=O)cc1Nc1nc(NCC(C)C)nc(N[C@@H]2CCNC2)n1. The Labute approximate surface area is 164 Å². The van der Waals surface area contributed by atoms with Crippen LogP contribution in [0.2, 0.25) is 0 Å². The fourth-order valence-corrected chi connectivity index (χ4v) is 2.86. The molecule has 1 atom stereocenters. The number of nitrogens with two attached hydrogens (primary N) is 1. The highest BCUT2D eigenvalue weighted by Gasteiger charge is 2.17. The summed E-state index contributed by atoms with van der Waals surface area (Å²) in [4.78, 5) is 25.0. The monoisotopic (exact) mass is 384 g/mol. The van der Waals surface area contributed by atoms with E-state index in [1.165, 1.54) is 0 Å². The number of benzene rings is 1. The summed E-state index contributed by atoms with van der Waals surface area (Å²) in [5.74, 6) is 1.40. The Kier molecular flexibility index (Phi) is 6.25. The summed E-state index contributed by atoms with van der Waals surface area (Å²) in [5.41, 5.74) is 7.51. The Hall–Kier alpha value is -2.94. The summed E-state index contributed by atoms with van der Waals surface area (Å²) in [6, 6.07) is 5.53. The van der Waals surface area contributed by atoms with Crippen molar-refractivity contribution >= 4 is 29.4 Å². The Balaban J connectivity index is 1.86. The lowest BCUT2D eigenvalue weighted by molar-refractivity contribution is 0.100. The molecule has 28 heavy (non-hydrogen) atoms. The number of nitrogens with zero attached hydrogens (tertiary/aromatic N) is 3. The molecule has 1 aromatic heterocycles. The van der Waals surface area contributed by atoms with E-state index in [1.807, 2.05) is 13.0 Å². The predicted molar refractivity (Wildman–Crippen MR) is 111 cm³/mol. The third kappa shape index (κ3) is 5.29. The molecule has 0 bridgehead atoms. The van der Waals surface area contributed by atoms with E-state index in [0.29, 0.717) is 29.3 Å². The quantitative estimate of drug-likeness (QED) is 0.466. The highest BCUT2D eigenvalue weighted by molar-refractivity contribution is 5.94. The fourth-order valence-electron chi connectivity index (χ4n) is 2.86. The first kappa shape index (κ1) is 19.8. The van der Waals surface area contributed by atoms with Gasteiger partial charge < -0.3 is 27.0 Å². The minimum absolute atomic E-state index is 0.285. The van der Waals surface area contributed by atoms with Crippen molar-refractivity contribution < 1.29 is 4.79 Å². The van der Waals surface area contributed by atoms with E-state index >= 15 is 0 Å². The maximum atomic E-state index is 11.5. The predicted octanol–water partition coefficient (Wildman–Crippen LogP) is 1.86. The van der Waals surface area contributed by atoms with E-state index in [2.05, 4.69) is 50.1 Å². The summed E-state index contributed by atoms with van der Waals surface area (Å²) < 4.78 is 0. The molecule has 1 aliphatic heterocycles. The van der Waals surface area contributed by atoms with Crippen LogP contribution >= 0.6 is 0 Å². The van der Waals surface area contributed by atoms with Gasteiger partial charge in [-0.15, -0.1) is 0 Å². The zero-order valence-electron chi connectivity index (χ0n) is 16.5. The molecule has 150 valence electrons. The molecule has 9 heteroatoms. The molecule has 1 saturated heterocycles. The molecular formula is C19H28N8O. The molecule has 1 amide bonds. The zero-order valence-corrected chi connectivity index (χ0v) is 16.5. The summed E-state index contributed by atoms with van der Waals surface area (Å²) in [6.07, 6.45) is 1.02. The number of carbonyl (C=O) groups excluding carboxylic acids is 1. The lowest BCUT2D eigenvalue weighted by Crippen LogP contribution is -2.24. The summed E-state index contributed by atoms with van der Waals surface area (Å²) in [7, 11) is 0. The molecule has 0 unspecified atom stereocenters. The van der Waals surface area contributed by atoms with Gasteiger partial charge in [-0.2, -0.15) is 15.0 Å². The zero-order chi connectivity index (χ0) is 20.1. The van der Waals surface area contributed by atoms with Crippen molar-refractivity contribution in [3.05, 3.63) is 29.3 Å². The first-order chi connectivity index (χ1) is 13.4. The van der Waals surface area contributed by atoms with Gasteiger partial charge in [0.15, 0.2) is 0 Å². The second-order valence-electron chi connectivity index (χ2n) is 7.43. The van der Waals surface area contributed by atoms with E-state index in [4.69, 9.17) is 5.73 Å². The summed E-state index contributed by atoms with van der Waals surface area (Å²) in [5, 5.41) is 13.1. The van der Waals surface area contributed by atoms with Crippen molar-refractivity contribution in [1.82, 2.24) is 20.3 Å². The third-order valence-electron chi connectivity index (χ3n) is 4.47. The van der Waals surface area contributed by atoms with Gasteiger partial charge in [-0.05, 0) is 43.5 Å². The van der Waals surface area contributed by atoms with Crippen molar-refractivity contribution in [2.75, 3.05) is 35.6 Å². The number of hydrogen-bond acceptors (Lipinski definition) is 8. The molecule has 9 nitrogen and oxygen atoms in total. The maximum absolute atomic E-state index is 11.5. The Morgan fingerprint density at radius 2 is 2.00 bits per heavy atom. The van der Waals surface area contributed by atoms with Crippen molar-refractivity contribution in [2.24, 2.45) is 11.7 Å². The van der Waals surface area contributed by atoms with Gasteiger partial charge in [0, 0.05) is 30.4 Å².